The van der Waals surface area contributed by atoms with Crippen LogP contribution in [0.4, 0.5) is 5.69 Å². The second-order valence-corrected chi connectivity index (χ2v) is 8.69. The summed E-state index contributed by atoms with van der Waals surface area (Å²) in [4.78, 5) is 14.1. The van der Waals surface area contributed by atoms with E-state index in [1.807, 2.05) is 31.2 Å². The lowest BCUT2D eigenvalue weighted by Crippen LogP contribution is -2.32. The highest BCUT2D eigenvalue weighted by Crippen LogP contribution is 2.25. The Balaban J connectivity index is 1.99. The van der Waals surface area contributed by atoms with Gasteiger partial charge in [-0.1, -0.05) is 12.0 Å². The number of terminal acetylenes is 1. The van der Waals surface area contributed by atoms with Crippen LogP contribution in [0.25, 0.3) is 0 Å². The monoisotopic (exact) mass is 337 g/mol. The Morgan fingerprint density at radius 3 is 2.86 bits per heavy atom. The van der Waals surface area contributed by atoms with Gasteiger partial charge in [-0.2, -0.15) is 0 Å². The molecule has 1 saturated heterocycles. The SMILES string of the molecule is C#Cc1cccc(N(CC)C(=O)CS[C@H]2CCS(=O)(=O)C2)c1. The molecule has 0 unspecified atom stereocenters. The van der Waals surface area contributed by atoms with Gasteiger partial charge in [-0.05, 0) is 31.5 Å². The van der Waals surface area contributed by atoms with E-state index in [-0.39, 0.29) is 28.4 Å². The number of amides is 1. The van der Waals surface area contributed by atoms with Crippen LogP contribution in [0.5, 0.6) is 0 Å². The molecule has 22 heavy (non-hydrogen) atoms. The molecule has 0 aromatic heterocycles. The summed E-state index contributed by atoms with van der Waals surface area (Å²) in [7, 11) is -2.90. The fourth-order valence-corrected chi connectivity index (χ4v) is 5.94. The van der Waals surface area contributed by atoms with Crippen molar-refractivity contribution in [2.75, 3.05) is 28.7 Å². The second kappa shape index (κ2) is 7.21. The molecule has 4 nitrogen and oxygen atoms in total. The maximum Gasteiger partial charge on any atom is 0.236 e. The van der Waals surface area contributed by atoms with E-state index in [1.165, 1.54) is 11.8 Å². The third-order valence-corrected chi connectivity index (χ3v) is 6.84. The third kappa shape index (κ3) is 4.28. The van der Waals surface area contributed by atoms with Gasteiger partial charge in [-0.25, -0.2) is 8.42 Å². The Labute approximate surface area is 136 Å². The van der Waals surface area contributed by atoms with Crippen LogP contribution in [0.2, 0.25) is 0 Å². The van der Waals surface area contributed by atoms with E-state index in [4.69, 9.17) is 6.42 Å². The molecule has 1 aromatic rings. The topological polar surface area (TPSA) is 54.5 Å². The van der Waals surface area contributed by atoms with Gasteiger partial charge in [0.15, 0.2) is 9.84 Å². The van der Waals surface area contributed by atoms with Crippen molar-refractivity contribution < 1.29 is 13.2 Å². The van der Waals surface area contributed by atoms with Crippen molar-refractivity contribution >= 4 is 33.2 Å². The van der Waals surface area contributed by atoms with E-state index in [9.17, 15) is 13.2 Å². The summed E-state index contributed by atoms with van der Waals surface area (Å²) in [5.41, 5.74) is 1.51. The van der Waals surface area contributed by atoms with Crippen LogP contribution in [0.1, 0.15) is 18.9 Å². The van der Waals surface area contributed by atoms with Gasteiger partial charge in [0.2, 0.25) is 5.91 Å². The Morgan fingerprint density at radius 2 is 2.27 bits per heavy atom. The highest BCUT2D eigenvalue weighted by Gasteiger charge is 2.29. The largest absolute Gasteiger partial charge is 0.312 e. The van der Waals surface area contributed by atoms with Crippen LogP contribution < -0.4 is 4.90 Å². The maximum absolute atomic E-state index is 12.4. The minimum absolute atomic E-state index is 0.0223. The van der Waals surface area contributed by atoms with Crippen molar-refractivity contribution in [1.29, 1.82) is 0 Å². The maximum atomic E-state index is 12.4. The smallest absolute Gasteiger partial charge is 0.236 e. The van der Waals surface area contributed by atoms with Gasteiger partial charge in [-0.3, -0.25) is 4.79 Å². The predicted octanol–water partition coefficient (Wildman–Crippen LogP) is 1.94. The van der Waals surface area contributed by atoms with Crippen molar-refractivity contribution in [2.45, 2.75) is 18.6 Å². The Morgan fingerprint density at radius 1 is 1.50 bits per heavy atom. The number of thioether (sulfide) groups is 1. The molecule has 0 N–H and O–H groups in total. The zero-order valence-electron chi connectivity index (χ0n) is 12.5. The molecular weight excluding hydrogens is 318 g/mol. The fraction of sp³-hybridized carbons (Fsp3) is 0.438. The van der Waals surface area contributed by atoms with Gasteiger partial charge < -0.3 is 4.90 Å². The molecule has 0 saturated carbocycles. The van der Waals surface area contributed by atoms with E-state index in [1.54, 1.807) is 4.90 Å². The van der Waals surface area contributed by atoms with Gasteiger partial charge >= 0.3 is 0 Å². The van der Waals surface area contributed by atoms with Crippen molar-refractivity contribution in [3.8, 4) is 12.3 Å². The number of rotatable bonds is 5. The van der Waals surface area contributed by atoms with E-state index in [2.05, 4.69) is 5.92 Å². The zero-order valence-corrected chi connectivity index (χ0v) is 14.1. The minimum Gasteiger partial charge on any atom is -0.312 e. The summed E-state index contributed by atoms with van der Waals surface area (Å²) in [5, 5.41) is 0.0321. The summed E-state index contributed by atoms with van der Waals surface area (Å²) in [6.45, 7) is 2.46. The first kappa shape index (κ1) is 16.9. The van der Waals surface area contributed by atoms with Gasteiger partial charge in [0, 0.05) is 23.0 Å². The van der Waals surface area contributed by atoms with Gasteiger partial charge in [-0.15, -0.1) is 18.2 Å². The lowest BCUT2D eigenvalue weighted by atomic mass is 10.2. The molecule has 1 aliphatic heterocycles. The third-order valence-electron chi connectivity index (χ3n) is 3.57. The van der Waals surface area contributed by atoms with Crippen molar-refractivity contribution in [2.24, 2.45) is 0 Å². The molecule has 0 radical (unpaired) electrons. The molecule has 1 aliphatic rings. The molecule has 1 aromatic carbocycles. The number of benzene rings is 1. The standard InChI is InChI=1S/C16H19NO3S2/c1-3-13-6-5-7-14(10-13)17(4-2)16(18)11-21-15-8-9-22(19,20)12-15/h1,5-7,10,15H,4,8-9,11-12H2,2H3/t15-/m0/s1. The second-order valence-electron chi connectivity index (χ2n) is 5.17. The molecule has 6 heteroatoms. The zero-order chi connectivity index (χ0) is 16.2. The first-order valence-corrected chi connectivity index (χ1v) is 10.0. The lowest BCUT2D eigenvalue weighted by molar-refractivity contribution is -0.116. The number of carbonyl (C=O) groups is 1. The van der Waals surface area contributed by atoms with Crippen molar-refractivity contribution in [3.63, 3.8) is 0 Å². The van der Waals surface area contributed by atoms with Crippen LogP contribution in [0.15, 0.2) is 24.3 Å². The fourth-order valence-electron chi connectivity index (χ4n) is 2.43. The molecule has 1 atom stereocenters. The number of anilines is 1. The molecule has 1 heterocycles. The molecule has 0 spiro atoms. The van der Waals surface area contributed by atoms with Crippen LogP contribution in [0.3, 0.4) is 0 Å². The summed E-state index contributed by atoms with van der Waals surface area (Å²) in [6, 6.07) is 7.32. The first-order valence-electron chi connectivity index (χ1n) is 7.14. The molecule has 2 rings (SSSR count). The number of hydrogen-bond acceptors (Lipinski definition) is 4. The minimum atomic E-state index is -2.90. The molecule has 0 bridgehead atoms. The average molecular weight is 337 g/mol. The first-order chi connectivity index (χ1) is 10.4. The van der Waals surface area contributed by atoms with E-state index >= 15 is 0 Å². The van der Waals surface area contributed by atoms with Crippen LogP contribution in [0, 0.1) is 12.3 Å². The quantitative estimate of drug-likeness (QED) is 0.771. The average Bonchev–Trinajstić information content (AvgIpc) is 2.85. The van der Waals surface area contributed by atoms with Crippen molar-refractivity contribution in [3.05, 3.63) is 29.8 Å². The number of nitrogens with zero attached hydrogens (tertiary/aromatic N) is 1. The van der Waals surface area contributed by atoms with Gasteiger partial charge in [0.1, 0.15) is 0 Å². The molecule has 118 valence electrons. The predicted molar refractivity (Wildman–Crippen MR) is 91.9 cm³/mol. The molecular formula is C16H19NO3S2. The Kier molecular flexibility index (Phi) is 5.54. The molecule has 0 aliphatic carbocycles. The normalized spacial score (nSPS) is 19.5. The summed E-state index contributed by atoms with van der Waals surface area (Å²) >= 11 is 1.43. The number of hydrogen-bond donors (Lipinski definition) is 0. The molecule has 1 fully saturated rings. The van der Waals surface area contributed by atoms with E-state index < -0.39 is 9.84 Å². The Hall–Kier alpha value is -1.45. The molecule has 1 amide bonds. The summed E-state index contributed by atoms with van der Waals surface area (Å²) < 4.78 is 22.9. The number of carbonyl (C=O) groups excluding carboxylic acids is 1. The van der Waals surface area contributed by atoms with Crippen LogP contribution in [-0.4, -0.2) is 43.4 Å². The van der Waals surface area contributed by atoms with E-state index in [0.29, 0.717) is 13.0 Å². The Bertz CT molecular complexity index is 692. The van der Waals surface area contributed by atoms with Crippen LogP contribution >= 0.6 is 11.8 Å². The highest BCUT2D eigenvalue weighted by atomic mass is 32.2. The van der Waals surface area contributed by atoms with Gasteiger partial charge in [0.25, 0.3) is 0 Å². The summed E-state index contributed by atoms with van der Waals surface area (Å²) in [5.74, 6) is 3.25. The van der Waals surface area contributed by atoms with E-state index in [0.717, 1.165) is 11.3 Å². The van der Waals surface area contributed by atoms with Crippen molar-refractivity contribution in [1.82, 2.24) is 0 Å². The summed E-state index contributed by atoms with van der Waals surface area (Å²) in [6.07, 6.45) is 6.03. The number of sulfone groups is 1. The van der Waals surface area contributed by atoms with Crippen LogP contribution in [-0.2, 0) is 14.6 Å². The van der Waals surface area contributed by atoms with Gasteiger partial charge in [0.05, 0.1) is 17.3 Å². The highest BCUT2D eigenvalue weighted by molar-refractivity contribution is 8.02. The lowest BCUT2D eigenvalue weighted by Gasteiger charge is -2.21.